The van der Waals surface area contributed by atoms with Gasteiger partial charge in [0.05, 0.1) is 33.9 Å². The van der Waals surface area contributed by atoms with Crippen molar-refractivity contribution in [3.63, 3.8) is 0 Å². The maximum Gasteiger partial charge on any atom is 0.261 e. The van der Waals surface area contributed by atoms with E-state index in [0.29, 0.717) is 28.5 Å². The van der Waals surface area contributed by atoms with E-state index in [9.17, 15) is 21.2 Å². The number of benzene rings is 2. The standard InChI is InChI=1S/C22H24FN5O2S.CH4O3S/c1-12(2)21-26-19(14-5-8-16(23)9-6-14)20(27-21)15-7-10-17-18(11-15)28(22(24)25-17)31(29,30)13(3)4;1-5(2,3)4/h5-13H,1-4H3,(H2,24,25)(H,26,27);1H3,(H,2,3,4). The predicted octanol–water partition coefficient (Wildman–Crippen LogP) is 4.03. The zero-order valence-corrected chi connectivity index (χ0v) is 22.0. The van der Waals surface area contributed by atoms with Crippen LogP contribution in [-0.2, 0) is 20.1 Å². The topological polar surface area (TPSA) is 161 Å². The van der Waals surface area contributed by atoms with Crippen molar-refractivity contribution in [3.8, 4) is 22.5 Å². The van der Waals surface area contributed by atoms with Crippen molar-refractivity contribution in [3.05, 3.63) is 54.1 Å². The molecule has 10 nitrogen and oxygen atoms in total. The molecule has 0 atom stereocenters. The van der Waals surface area contributed by atoms with E-state index < -0.39 is 25.4 Å². The van der Waals surface area contributed by atoms with Gasteiger partial charge in [-0.05, 0) is 50.2 Å². The third-order valence-electron chi connectivity index (χ3n) is 5.16. The van der Waals surface area contributed by atoms with Crippen LogP contribution in [0.2, 0.25) is 0 Å². The molecule has 13 heteroatoms. The smallest absolute Gasteiger partial charge is 0.261 e. The van der Waals surface area contributed by atoms with Crippen molar-refractivity contribution in [1.29, 1.82) is 0 Å². The molecule has 0 aliphatic heterocycles. The highest BCUT2D eigenvalue weighted by Crippen LogP contribution is 2.34. The first-order valence-electron chi connectivity index (χ1n) is 10.9. The van der Waals surface area contributed by atoms with Crippen molar-refractivity contribution < 1.29 is 25.8 Å². The summed E-state index contributed by atoms with van der Waals surface area (Å²) in [4.78, 5) is 12.3. The van der Waals surface area contributed by atoms with E-state index in [1.165, 1.54) is 12.1 Å². The molecule has 4 rings (SSSR count). The largest absolute Gasteiger partial charge is 0.368 e. The number of aromatic nitrogens is 4. The molecule has 0 unspecified atom stereocenters. The number of nitrogens with zero attached hydrogens (tertiary/aromatic N) is 3. The molecule has 2 aromatic heterocycles. The van der Waals surface area contributed by atoms with Crippen molar-refractivity contribution in [2.75, 3.05) is 12.0 Å². The maximum atomic E-state index is 13.5. The van der Waals surface area contributed by atoms with Crippen LogP contribution in [0.4, 0.5) is 10.3 Å². The highest BCUT2D eigenvalue weighted by atomic mass is 32.2. The molecular weight excluding hydrogens is 509 g/mol. The number of fused-ring (bicyclic) bond motifs is 1. The van der Waals surface area contributed by atoms with Gasteiger partial charge in [0.25, 0.3) is 10.1 Å². The third kappa shape index (κ3) is 5.91. The Morgan fingerprint density at radius 2 is 1.53 bits per heavy atom. The molecule has 0 aliphatic rings. The Balaban J connectivity index is 0.000000658. The summed E-state index contributed by atoms with van der Waals surface area (Å²) in [5.41, 5.74) is 9.69. The van der Waals surface area contributed by atoms with Crippen molar-refractivity contribution in [1.82, 2.24) is 18.9 Å². The Labute approximate surface area is 209 Å². The number of hydrogen-bond acceptors (Lipinski definition) is 7. The quantitative estimate of drug-likeness (QED) is 0.322. The summed E-state index contributed by atoms with van der Waals surface area (Å²) in [6.07, 6.45) is 0.715. The highest BCUT2D eigenvalue weighted by Gasteiger charge is 2.25. The Kier molecular flexibility index (Phi) is 7.58. The fourth-order valence-corrected chi connectivity index (χ4v) is 4.54. The molecule has 0 radical (unpaired) electrons. The molecule has 0 aliphatic carbocycles. The lowest BCUT2D eigenvalue weighted by Gasteiger charge is -2.11. The van der Waals surface area contributed by atoms with Crippen molar-refractivity contribution >= 4 is 37.1 Å². The van der Waals surface area contributed by atoms with Gasteiger partial charge in [0, 0.05) is 17.0 Å². The Hall–Kier alpha value is -3.29. The summed E-state index contributed by atoms with van der Waals surface area (Å²) < 4.78 is 66.2. The zero-order chi connectivity index (χ0) is 27.0. The van der Waals surface area contributed by atoms with E-state index in [1.807, 2.05) is 19.9 Å². The van der Waals surface area contributed by atoms with E-state index >= 15 is 0 Å². The SMILES string of the molecule is CC(C)c1nc(-c2ccc3nc(N)n(S(=O)(=O)C(C)C)c3c2)c(-c2ccc(F)cc2)[nH]1.CS(=O)(=O)O. The summed E-state index contributed by atoms with van der Waals surface area (Å²) in [6.45, 7) is 7.23. The Morgan fingerprint density at radius 1 is 0.972 bits per heavy atom. The summed E-state index contributed by atoms with van der Waals surface area (Å²) in [6, 6.07) is 11.4. The summed E-state index contributed by atoms with van der Waals surface area (Å²) >= 11 is 0. The summed E-state index contributed by atoms with van der Waals surface area (Å²) in [7, 11) is -7.37. The molecule has 194 valence electrons. The van der Waals surface area contributed by atoms with E-state index in [0.717, 1.165) is 21.1 Å². The number of imidazole rings is 2. The van der Waals surface area contributed by atoms with Gasteiger partial charge in [0.2, 0.25) is 16.0 Å². The molecule has 4 aromatic rings. The lowest BCUT2D eigenvalue weighted by molar-refractivity contribution is 0.490. The first-order valence-corrected chi connectivity index (χ1v) is 14.3. The first kappa shape index (κ1) is 27.3. The molecule has 2 aromatic carbocycles. The minimum Gasteiger partial charge on any atom is -0.368 e. The van der Waals surface area contributed by atoms with Crippen LogP contribution in [0, 0.1) is 5.82 Å². The fraction of sp³-hybridized carbons (Fsp3) is 0.304. The van der Waals surface area contributed by atoms with Gasteiger partial charge in [-0.1, -0.05) is 19.9 Å². The molecule has 0 spiro atoms. The second kappa shape index (κ2) is 9.99. The van der Waals surface area contributed by atoms with Crippen LogP contribution in [0.3, 0.4) is 0 Å². The van der Waals surface area contributed by atoms with Gasteiger partial charge in [0.15, 0.2) is 0 Å². The number of nitrogen functional groups attached to an aromatic ring is 1. The molecule has 0 amide bonds. The lowest BCUT2D eigenvalue weighted by atomic mass is 10.0. The van der Waals surface area contributed by atoms with E-state index in [1.54, 1.807) is 38.1 Å². The van der Waals surface area contributed by atoms with Gasteiger partial charge in [0.1, 0.15) is 11.6 Å². The summed E-state index contributed by atoms with van der Waals surface area (Å²) in [5.74, 6) is 0.509. The molecule has 36 heavy (non-hydrogen) atoms. The number of aromatic amines is 1. The zero-order valence-electron chi connectivity index (χ0n) is 20.4. The minimum absolute atomic E-state index is 0.0792. The monoisotopic (exact) mass is 537 g/mol. The molecular formula is C23H28FN5O5S2. The number of anilines is 1. The maximum absolute atomic E-state index is 13.5. The normalized spacial score (nSPS) is 12.2. The van der Waals surface area contributed by atoms with Crippen LogP contribution >= 0.6 is 0 Å². The summed E-state index contributed by atoms with van der Waals surface area (Å²) in [5, 5.41) is -0.663. The van der Waals surface area contributed by atoms with Gasteiger partial charge in [-0.2, -0.15) is 8.42 Å². The van der Waals surface area contributed by atoms with Crippen molar-refractivity contribution in [2.24, 2.45) is 0 Å². The second-order valence-corrected chi connectivity index (χ2v) is 12.6. The number of nitrogens with one attached hydrogen (secondary N) is 1. The van der Waals surface area contributed by atoms with Gasteiger partial charge >= 0.3 is 0 Å². The van der Waals surface area contributed by atoms with Crippen LogP contribution in [0.25, 0.3) is 33.5 Å². The molecule has 0 saturated heterocycles. The molecule has 0 fully saturated rings. The number of hydrogen-bond donors (Lipinski definition) is 3. The van der Waals surface area contributed by atoms with Gasteiger partial charge in [-0.3, -0.25) is 4.55 Å². The number of rotatable bonds is 5. The van der Waals surface area contributed by atoms with E-state index in [4.69, 9.17) is 15.3 Å². The second-order valence-electron chi connectivity index (χ2n) is 8.77. The predicted molar refractivity (Wildman–Crippen MR) is 138 cm³/mol. The molecule has 4 N–H and O–H groups in total. The van der Waals surface area contributed by atoms with E-state index in [2.05, 4.69) is 9.97 Å². The number of H-pyrrole nitrogens is 1. The molecule has 2 heterocycles. The number of halogens is 1. The highest BCUT2D eigenvalue weighted by molar-refractivity contribution is 7.90. The first-order chi connectivity index (χ1) is 16.6. The van der Waals surface area contributed by atoms with Crippen LogP contribution in [-0.4, -0.2) is 51.8 Å². The number of nitrogens with two attached hydrogens (primary N) is 1. The Bertz CT molecular complexity index is 1600. The average molecular weight is 538 g/mol. The third-order valence-corrected chi connectivity index (χ3v) is 7.25. The van der Waals surface area contributed by atoms with Gasteiger partial charge in [-0.25, -0.2) is 26.7 Å². The average Bonchev–Trinajstić information content (AvgIpc) is 3.33. The molecule has 0 saturated carbocycles. The van der Waals surface area contributed by atoms with Crippen LogP contribution in [0.15, 0.2) is 42.5 Å². The van der Waals surface area contributed by atoms with Crippen LogP contribution in [0.5, 0.6) is 0 Å². The minimum atomic E-state index is -3.71. The van der Waals surface area contributed by atoms with Gasteiger partial charge < -0.3 is 10.7 Å². The van der Waals surface area contributed by atoms with Crippen molar-refractivity contribution in [2.45, 2.75) is 38.9 Å². The molecule has 0 bridgehead atoms. The fourth-order valence-electron chi connectivity index (χ4n) is 3.40. The van der Waals surface area contributed by atoms with Gasteiger partial charge in [-0.15, -0.1) is 0 Å². The Morgan fingerprint density at radius 3 is 2.06 bits per heavy atom. The van der Waals surface area contributed by atoms with Crippen LogP contribution in [0.1, 0.15) is 39.4 Å². The van der Waals surface area contributed by atoms with Crippen LogP contribution < -0.4 is 5.73 Å². The van der Waals surface area contributed by atoms with E-state index in [-0.39, 0.29) is 17.7 Å². The lowest BCUT2D eigenvalue weighted by Crippen LogP contribution is -2.23.